The summed E-state index contributed by atoms with van der Waals surface area (Å²) in [6, 6.07) is 15.8. The van der Waals surface area contributed by atoms with Crippen LogP contribution in [0.3, 0.4) is 0 Å². The Labute approximate surface area is 179 Å². The molecular weight excluding hydrogens is 374 g/mol. The predicted molar refractivity (Wildman–Crippen MR) is 126 cm³/mol. The third-order valence-corrected chi connectivity index (χ3v) is 4.68. The average Bonchev–Trinajstić information content (AvgIpc) is 2.78. The Balaban J connectivity index is 2.06. The lowest BCUT2D eigenvalue weighted by Gasteiger charge is -2.12. The van der Waals surface area contributed by atoms with Gasteiger partial charge in [-0.1, -0.05) is 61.9 Å². The number of aliphatic imine (C=N–C) groups is 1. The van der Waals surface area contributed by atoms with Gasteiger partial charge in [0, 0.05) is 30.7 Å². The van der Waals surface area contributed by atoms with E-state index in [9.17, 15) is 5.11 Å². The largest absolute Gasteiger partial charge is 0.390 e. The van der Waals surface area contributed by atoms with Crippen molar-refractivity contribution in [2.45, 2.75) is 39.7 Å². The van der Waals surface area contributed by atoms with E-state index in [1.165, 1.54) is 0 Å². The van der Waals surface area contributed by atoms with Crippen molar-refractivity contribution in [3.63, 3.8) is 0 Å². The third-order valence-electron chi connectivity index (χ3n) is 4.68. The summed E-state index contributed by atoms with van der Waals surface area (Å²) in [6.45, 7) is 8.06. The predicted octanol–water partition coefficient (Wildman–Crippen LogP) is 4.46. The van der Waals surface area contributed by atoms with Crippen LogP contribution in [0.5, 0.6) is 0 Å². The molecule has 4 N–H and O–H groups in total. The van der Waals surface area contributed by atoms with Crippen LogP contribution in [0, 0.1) is 5.41 Å². The van der Waals surface area contributed by atoms with Crippen LogP contribution in [-0.2, 0) is 6.54 Å². The summed E-state index contributed by atoms with van der Waals surface area (Å²) in [5.74, 6) is 0.207. The fraction of sp³-hybridized carbons (Fsp3) is 0.292. The molecule has 2 rings (SSSR count). The molecule has 158 valence electrons. The van der Waals surface area contributed by atoms with E-state index in [4.69, 9.17) is 5.41 Å². The maximum absolute atomic E-state index is 9.57. The van der Waals surface area contributed by atoms with Gasteiger partial charge in [-0.15, -0.1) is 0 Å². The van der Waals surface area contributed by atoms with Gasteiger partial charge in [0.25, 0.3) is 0 Å². The molecule has 0 fully saturated rings. The number of rotatable bonds is 11. The molecule has 6 nitrogen and oxygen atoms in total. The normalized spacial score (nSPS) is 11.8. The molecular formula is C24H31N5O. The first-order valence-electron chi connectivity index (χ1n) is 10.1. The molecule has 2 aromatic carbocycles. The molecule has 0 saturated heterocycles. The molecule has 2 aromatic rings. The molecule has 0 atom stereocenters. The standard InChI is InChI=1S/C24H31N5O/c1-4-5-8-18(2)27-16-21(17-30)28-15-19-11-13-20(14-12-19)22-9-6-7-10-23(22)24(25)29-26-3/h6-7,9-14,16,28,30H,3-5,8,15,17H2,1-2H3,(H2,25,29)/b21-16-,27-18+. The maximum Gasteiger partial charge on any atom is 0.146 e. The van der Waals surface area contributed by atoms with E-state index < -0.39 is 0 Å². The second-order valence-corrected chi connectivity index (χ2v) is 7.02. The summed E-state index contributed by atoms with van der Waals surface area (Å²) >= 11 is 0. The summed E-state index contributed by atoms with van der Waals surface area (Å²) in [5.41, 5.74) is 8.17. The molecule has 0 saturated carbocycles. The summed E-state index contributed by atoms with van der Waals surface area (Å²) in [5, 5.41) is 24.5. The molecule has 6 heteroatoms. The number of aliphatic hydroxyl groups excluding tert-OH is 1. The summed E-state index contributed by atoms with van der Waals surface area (Å²) in [7, 11) is 0. The van der Waals surface area contributed by atoms with Gasteiger partial charge in [-0.25, -0.2) is 0 Å². The van der Waals surface area contributed by atoms with Crippen LogP contribution < -0.4 is 10.7 Å². The zero-order chi connectivity index (χ0) is 21.8. The Morgan fingerprint density at radius 3 is 2.57 bits per heavy atom. The van der Waals surface area contributed by atoms with E-state index in [-0.39, 0.29) is 12.4 Å². The molecule has 0 aliphatic rings. The van der Waals surface area contributed by atoms with Gasteiger partial charge in [0.2, 0.25) is 0 Å². The highest BCUT2D eigenvalue weighted by Crippen LogP contribution is 2.24. The fourth-order valence-electron chi connectivity index (χ4n) is 2.94. The lowest BCUT2D eigenvalue weighted by Crippen LogP contribution is -2.17. The minimum atomic E-state index is -0.0809. The van der Waals surface area contributed by atoms with E-state index in [0.717, 1.165) is 47.2 Å². The first-order valence-corrected chi connectivity index (χ1v) is 10.1. The van der Waals surface area contributed by atoms with Crippen molar-refractivity contribution in [1.82, 2.24) is 10.7 Å². The molecule has 0 heterocycles. The molecule has 0 amide bonds. The van der Waals surface area contributed by atoms with Crippen LogP contribution in [0.1, 0.15) is 44.2 Å². The second-order valence-electron chi connectivity index (χ2n) is 7.02. The molecule has 0 unspecified atom stereocenters. The van der Waals surface area contributed by atoms with Gasteiger partial charge in [0.05, 0.1) is 12.3 Å². The molecule has 0 aliphatic heterocycles. The Bertz CT molecular complexity index is 900. The van der Waals surface area contributed by atoms with Gasteiger partial charge in [0.15, 0.2) is 0 Å². The van der Waals surface area contributed by atoms with Crippen molar-refractivity contribution in [2.24, 2.45) is 10.1 Å². The number of hydrogen-bond acceptors (Lipinski definition) is 5. The topological polar surface area (TPSA) is 92.9 Å². The highest BCUT2D eigenvalue weighted by atomic mass is 16.3. The number of unbranched alkanes of at least 4 members (excludes halogenated alkanes) is 1. The van der Waals surface area contributed by atoms with Crippen LogP contribution in [0.25, 0.3) is 11.1 Å². The summed E-state index contributed by atoms with van der Waals surface area (Å²) in [6.07, 6.45) is 4.96. The summed E-state index contributed by atoms with van der Waals surface area (Å²) < 4.78 is 0. The lowest BCUT2D eigenvalue weighted by molar-refractivity contribution is 0.320. The van der Waals surface area contributed by atoms with Crippen molar-refractivity contribution in [3.05, 3.63) is 71.6 Å². The average molecular weight is 406 g/mol. The molecule has 30 heavy (non-hydrogen) atoms. The highest BCUT2D eigenvalue weighted by molar-refractivity contribution is 6.02. The maximum atomic E-state index is 9.57. The van der Waals surface area contributed by atoms with Crippen LogP contribution in [-0.4, -0.2) is 30.0 Å². The second kappa shape index (κ2) is 12.3. The number of nitrogens with zero attached hydrogens (tertiary/aromatic N) is 2. The zero-order valence-electron chi connectivity index (χ0n) is 17.8. The highest BCUT2D eigenvalue weighted by Gasteiger charge is 2.09. The minimum Gasteiger partial charge on any atom is -0.390 e. The van der Waals surface area contributed by atoms with E-state index in [1.54, 1.807) is 6.20 Å². The van der Waals surface area contributed by atoms with E-state index in [0.29, 0.717) is 12.2 Å². The first kappa shape index (κ1) is 23.0. The van der Waals surface area contributed by atoms with Crippen molar-refractivity contribution < 1.29 is 5.11 Å². The van der Waals surface area contributed by atoms with Gasteiger partial charge < -0.3 is 10.4 Å². The first-order chi connectivity index (χ1) is 14.6. The fourth-order valence-corrected chi connectivity index (χ4v) is 2.94. The van der Waals surface area contributed by atoms with Crippen molar-refractivity contribution in [1.29, 1.82) is 5.41 Å². The Hall–Kier alpha value is -3.25. The summed E-state index contributed by atoms with van der Waals surface area (Å²) in [4.78, 5) is 4.43. The van der Waals surface area contributed by atoms with Gasteiger partial charge in [-0.3, -0.25) is 15.8 Å². The lowest BCUT2D eigenvalue weighted by atomic mass is 9.98. The van der Waals surface area contributed by atoms with E-state index in [1.807, 2.05) is 55.5 Å². The zero-order valence-corrected chi connectivity index (χ0v) is 17.8. The molecule has 0 spiro atoms. The Kier molecular flexibility index (Phi) is 9.48. The van der Waals surface area contributed by atoms with Gasteiger partial charge in [0.1, 0.15) is 5.84 Å². The van der Waals surface area contributed by atoms with Crippen LogP contribution in [0.4, 0.5) is 0 Å². The number of nitrogens with one attached hydrogen (secondary N) is 3. The van der Waals surface area contributed by atoms with Crippen LogP contribution >= 0.6 is 0 Å². The SMILES string of the molecule is C=NNC(=N)c1ccccc1-c1ccc(CN/C(=C\N=C(/C)CCCC)CO)cc1. The number of amidine groups is 1. The van der Waals surface area contributed by atoms with Gasteiger partial charge >= 0.3 is 0 Å². The monoisotopic (exact) mass is 405 g/mol. The van der Waals surface area contributed by atoms with Crippen LogP contribution in [0.15, 0.2) is 70.5 Å². The molecule has 0 bridgehead atoms. The minimum absolute atomic E-state index is 0.0809. The van der Waals surface area contributed by atoms with Crippen molar-refractivity contribution in [2.75, 3.05) is 6.61 Å². The molecule has 0 aromatic heterocycles. The molecule has 0 radical (unpaired) electrons. The quantitative estimate of drug-likeness (QED) is 0.253. The van der Waals surface area contributed by atoms with Gasteiger partial charge in [-0.05, 0) is 36.5 Å². The Morgan fingerprint density at radius 2 is 1.90 bits per heavy atom. The van der Waals surface area contributed by atoms with Crippen molar-refractivity contribution in [3.8, 4) is 11.1 Å². The third kappa shape index (κ3) is 6.97. The number of aliphatic hydroxyl groups is 1. The van der Waals surface area contributed by atoms with E-state index in [2.05, 4.69) is 34.5 Å². The smallest absolute Gasteiger partial charge is 0.146 e. The number of benzene rings is 2. The van der Waals surface area contributed by atoms with E-state index >= 15 is 0 Å². The number of hydrogen-bond donors (Lipinski definition) is 4. The van der Waals surface area contributed by atoms with Crippen molar-refractivity contribution >= 4 is 18.3 Å². The van der Waals surface area contributed by atoms with Crippen LogP contribution in [0.2, 0.25) is 0 Å². The Morgan fingerprint density at radius 1 is 1.17 bits per heavy atom. The van der Waals surface area contributed by atoms with Gasteiger partial charge in [-0.2, -0.15) is 5.10 Å². The number of hydrazone groups is 1. The molecule has 0 aliphatic carbocycles.